The number of imidazole rings is 1. The minimum atomic E-state index is -3.85. The average molecular weight is 614 g/mol. The van der Waals surface area contributed by atoms with Crippen molar-refractivity contribution >= 4 is 30.5 Å². The van der Waals surface area contributed by atoms with E-state index in [-0.39, 0.29) is 18.7 Å². The highest BCUT2D eigenvalue weighted by Crippen LogP contribution is 2.42. The number of nitrogen functional groups attached to an aromatic ring is 1. The molecule has 240 valence electrons. The third-order valence-corrected chi connectivity index (χ3v) is 8.09. The molecule has 0 saturated carbocycles. The number of hydrogen-bond donors (Lipinski definition) is 2. The van der Waals surface area contributed by atoms with Crippen molar-refractivity contribution in [3.8, 4) is 0 Å². The Kier molecular flexibility index (Phi) is 18.5. The van der Waals surface area contributed by atoms with Crippen molar-refractivity contribution in [2.24, 2.45) is 0 Å². The molecule has 12 nitrogen and oxygen atoms in total. The highest BCUT2D eigenvalue weighted by atomic mass is 31.2. The fourth-order valence-corrected chi connectivity index (χ4v) is 5.54. The van der Waals surface area contributed by atoms with Gasteiger partial charge in [0.2, 0.25) is 0 Å². The first-order chi connectivity index (χ1) is 20.3. The summed E-state index contributed by atoms with van der Waals surface area (Å²) in [6.45, 7) is 3.54. The normalized spacial score (nSPS) is 13.8. The zero-order valence-electron chi connectivity index (χ0n) is 25.6. The standard InChI is InChI=1S/C29H52N5O7P/c1-25(21-34-23-33-27-28(30)31-22-32-29(27)34)40-24-42(36,37)41-20-16-19-39-18-15-13-11-9-7-5-3-4-6-8-10-12-14-17-26(35)38-2/h22-23,25H,3-21,24H2,1-2H3,(H,36,37)(H2,30,31,32)/t25-/m1/s1. The molecule has 0 aliphatic carbocycles. The van der Waals surface area contributed by atoms with Gasteiger partial charge in [0.15, 0.2) is 11.5 Å². The minimum Gasteiger partial charge on any atom is -0.469 e. The van der Waals surface area contributed by atoms with Crippen molar-refractivity contribution < 1.29 is 33.0 Å². The van der Waals surface area contributed by atoms with E-state index in [9.17, 15) is 14.3 Å². The lowest BCUT2D eigenvalue weighted by atomic mass is 10.0. The van der Waals surface area contributed by atoms with Crippen LogP contribution in [0.2, 0.25) is 0 Å². The molecule has 3 N–H and O–H groups in total. The van der Waals surface area contributed by atoms with E-state index in [1.807, 2.05) is 0 Å². The molecule has 2 aromatic rings. The van der Waals surface area contributed by atoms with Crippen LogP contribution in [0.4, 0.5) is 5.82 Å². The van der Waals surface area contributed by atoms with Gasteiger partial charge in [0, 0.05) is 19.6 Å². The maximum absolute atomic E-state index is 12.3. The second kappa shape index (κ2) is 21.6. The predicted octanol–water partition coefficient (Wildman–Crippen LogP) is 6.01. The van der Waals surface area contributed by atoms with Crippen LogP contribution < -0.4 is 5.73 Å². The number of fused-ring (bicyclic) bond motifs is 1. The molecule has 0 aliphatic rings. The molecular formula is C29H52N5O7P. The van der Waals surface area contributed by atoms with Crippen LogP contribution in [-0.2, 0) is 34.6 Å². The molecule has 42 heavy (non-hydrogen) atoms. The number of rotatable bonds is 26. The van der Waals surface area contributed by atoms with Gasteiger partial charge in [-0.2, -0.15) is 0 Å². The largest absolute Gasteiger partial charge is 0.469 e. The van der Waals surface area contributed by atoms with Gasteiger partial charge in [-0.25, -0.2) is 15.0 Å². The van der Waals surface area contributed by atoms with Gasteiger partial charge in [0.05, 0.1) is 32.7 Å². The zero-order valence-corrected chi connectivity index (χ0v) is 26.5. The van der Waals surface area contributed by atoms with Crippen molar-refractivity contribution in [2.45, 2.75) is 116 Å². The van der Waals surface area contributed by atoms with Crippen LogP contribution in [0.1, 0.15) is 103 Å². The monoisotopic (exact) mass is 613 g/mol. The highest BCUT2D eigenvalue weighted by molar-refractivity contribution is 7.52. The number of hydrogen-bond acceptors (Lipinski definition) is 10. The lowest BCUT2D eigenvalue weighted by Crippen LogP contribution is -2.17. The van der Waals surface area contributed by atoms with Crippen LogP contribution in [0.3, 0.4) is 0 Å². The van der Waals surface area contributed by atoms with Crippen LogP contribution in [-0.4, -0.2) is 69.8 Å². The summed E-state index contributed by atoms with van der Waals surface area (Å²) in [5.41, 5.74) is 6.90. The van der Waals surface area contributed by atoms with Crippen molar-refractivity contribution in [2.75, 3.05) is 39.0 Å². The van der Waals surface area contributed by atoms with Crippen molar-refractivity contribution in [3.05, 3.63) is 12.7 Å². The predicted molar refractivity (Wildman–Crippen MR) is 163 cm³/mol. The quantitative estimate of drug-likeness (QED) is 0.0726. The smallest absolute Gasteiger partial charge is 0.353 e. The van der Waals surface area contributed by atoms with Gasteiger partial charge in [-0.3, -0.25) is 9.36 Å². The molecule has 13 heteroatoms. The van der Waals surface area contributed by atoms with E-state index < -0.39 is 13.9 Å². The number of carbonyl (C=O) groups excluding carboxylic acids is 1. The van der Waals surface area contributed by atoms with Crippen LogP contribution in [0.5, 0.6) is 0 Å². The van der Waals surface area contributed by atoms with Crippen molar-refractivity contribution in [1.82, 2.24) is 19.5 Å². The Labute approximate surface area is 250 Å². The molecule has 0 fully saturated rings. The molecule has 2 rings (SSSR count). The number of nitrogens with two attached hydrogens (primary N) is 1. The molecule has 0 aliphatic heterocycles. The first-order valence-electron chi connectivity index (χ1n) is 15.5. The number of esters is 1. The summed E-state index contributed by atoms with van der Waals surface area (Å²) >= 11 is 0. The number of carbonyl (C=O) groups is 1. The van der Waals surface area contributed by atoms with Crippen LogP contribution in [0.15, 0.2) is 12.7 Å². The van der Waals surface area contributed by atoms with Gasteiger partial charge in [-0.1, -0.05) is 70.6 Å². The fraction of sp³-hybridized carbons (Fsp3) is 0.793. The molecule has 0 spiro atoms. The van der Waals surface area contributed by atoms with E-state index in [0.717, 1.165) is 19.3 Å². The van der Waals surface area contributed by atoms with Gasteiger partial charge < -0.3 is 33.9 Å². The summed E-state index contributed by atoms with van der Waals surface area (Å²) < 4.78 is 35.1. The molecule has 2 heterocycles. The first-order valence-corrected chi connectivity index (χ1v) is 17.2. The Morgan fingerprint density at radius 3 is 2.14 bits per heavy atom. The zero-order chi connectivity index (χ0) is 30.5. The molecule has 0 amide bonds. The Morgan fingerprint density at radius 1 is 0.905 bits per heavy atom. The molecule has 2 atom stereocenters. The molecule has 0 aromatic carbocycles. The first kappa shape index (κ1) is 36.1. The maximum Gasteiger partial charge on any atom is 0.353 e. The summed E-state index contributed by atoms with van der Waals surface area (Å²) in [6.07, 6.45) is 19.1. The van der Waals surface area contributed by atoms with E-state index in [2.05, 4.69) is 19.7 Å². The van der Waals surface area contributed by atoms with Crippen molar-refractivity contribution in [3.63, 3.8) is 0 Å². The summed E-state index contributed by atoms with van der Waals surface area (Å²) in [6, 6.07) is 0. The van der Waals surface area contributed by atoms with Crippen molar-refractivity contribution in [1.29, 1.82) is 0 Å². The minimum absolute atomic E-state index is 0.101. The lowest BCUT2D eigenvalue weighted by Gasteiger charge is -2.17. The van der Waals surface area contributed by atoms with E-state index in [0.29, 0.717) is 49.6 Å². The Morgan fingerprint density at radius 2 is 1.50 bits per heavy atom. The summed E-state index contributed by atoms with van der Waals surface area (Å²) in [7, 11) is -2.41. The Balaban J connectivity index is 1.34. The van der Waals surface area contributed by atoms with Gasteiger partial charge in [-0.05, 0) is 26.2 Å². The third kappa shape index (κ3) is 15.9. The number of anilines is 1. The fourth-order valence-electron chi connectivity index (χ4n) is 4.61. The van der Waals surface area contributed by atoms with Gasteiger partial charge in [0.1, 0.15) is 18.2 Å². The van der Waals surface area contributed by atoms with E-state index >= 15 is 0 Å². The van der Waals surface area contributed by atoms with Crippen LogP contribution in [0, 0.1) is 0 Å². The number of methoxy groups -OCH3 is 1. The Bertz CT molecular complexity index is 1050. The van der Waals surface area contributed by atoms with E-state index in [1.165, 1.54) is 77.6 Å². The average Bonchev–Trinajstić information content (AvgIpc) is 3.38. The van der Waals surface area contributed by atoms with E-state index in [4.69, 9.17) is 19.7 Å². The second-order valence-corrected chi connectivity index (χ2v) is 12.6. The molecule has 0 saturated heterocycles. The highest BCUT2D eigenvalue weighted by Gasteiger charge is 2.21. The number of ether oxygens (including phenoxy) is 3. The third-order valence-electron chi connectivity index (χ3n) is 7.03. The molecule has 1 unspecified atom stereocenters. The van der Waals surface area contributed by atoms with Gasteiger partial charge in [0.25, 0.3) is 0 Å². The van der Waals surface area contributed by atoms with E-state index in [1.54, 1.807) is 17.8 Å². The molecule has 2 aromatic heterocycles. The topological polar surface area (TPSA) is 161 Å². The Hall–Kier alpha value is -2.11. The molecule has 0 bridgehead atoms. The lowest BCUT2D eigenvalue weighted by molar-refractivity contribution is -0.140. The van der Waals surface area contributed by atoms with Crippen LogP contribution in [0.25, 0.3) is 11.2 Å². The molecular weight excluding hydrogens is 561 g/mol. The summed E-state index contributed by atoms with van der Waals surface area (Å²) in [4.78, 5) is 33.4. The number of nitrogens with zero attached hydrogens (tertiary/aromatic N) is 4. The summed E-state index contributed by atoms with van der Waals surface area (Å²) in [5.74, 6) is 0.201. The maximum atomic E-state index is 12.3. The summed E-state index contributed by atoms with van der Waals surface area (Å²) in [5, 5.41) is 0. The molecule has 0 radical (unpaired) electrons. The van der Waals surface area contributed by atoms with Gasteiger partial charge >= 0.3 is 13.6 Å². The SMILES string of the molecule is COC(=O)CCCCCCCCCCCCCCCOCCCOP(=O)(O)CO[C@H](C)Cn1cnc2c(N)ncnc21. The number of aromatic nitrogens is 4. The van der Waals surface area contributed by atoms with Gasteiger partial charge in [-0.15, -0.1) is 0 Å². The number of unbranched alkanes of at least 4 members (excludes halogenated alkanes) is 12. The van der Waals surface area contributed by atoms with Crippen LogP contribution >= 0.6 is 7.60 Å². The second-order valence-electron chi connectivity index (χ2n) is 10.8.